The van der Waals surface area contributed by atoms with Crippen LogP contribution in [0.3, 0.4) is 0 Å². The molecule has 3 rings (SSSR count). The smallest absolute Gasteiger partial charge is 0.254 e. The van der Waals surface area contributed by atoms with Crippen molar-refractivity contribution >= 4 is 17.2 Å². The molecule has 0 spiro atoms. The summed E-state index contributed by atoms with van der Waals surface area (Å²) in [5, 5.41) is 2.12. The van der Waals surface area contributed by atoms with Gasteiger partial charge in [-0.1, -0.05) is 12.1 Å². The SMILES string of the molecule is Cc1ccc2c(c1C)CCN(CCC(C)(N)CCCc1cccs1)C2=O. The maximum Gasteiger partial charge on any atom is 0.254 e. The van der Waals surface area contributed by atoms with E-state index in [1.807, 2.05) is 22.3 Å². The van der Waals surface area contributed by atoms with E-state index in [9.17, 15) is 4.79 Å². The monoisotopic (exact) mass is 370 g/mol. The highest BCUT2D eigenvalue weighted by atomic mass is 32.1. The van der Waals surface area contributed by atoms with Gasteiger partial charge in [0.2, 0.25) is 0 Å². The van der Waals surface area contributed by atoms with Gasteiger partial charge in [-0.25, -0.2) is 0 Å². The van der Waals surface area contributed by atoms with Crippen LogP contribution < -0.4 is 5.73 Å². The molecule has 2 aromatic rings. The number of carbonyl (C=O) groups excluding carboxylic acids is 1. The van der Waals surface area contributed by atoms with Crippen LogP contribution in [0.4, 0.5) is 0 Å². The molecule has 1 atom stereocenters. The molecule has 26 heavy (non-hydrogen) atoms. The summed E-state index contributed by atoms with van der Waals surface area (Å²) in [5.41, 5.74) is 11.0. The molecule has 2 heterocycles. The van der Waals surface area contributed by atoms with Crippen LogP contribution in [0, 0.1) is 13.8 Å². The maximum atomic E-state index is 12.9. The van der Waals surface area contributed by atoms with E-state index < -0.39 is 0 Å². The molecule has 4 heteroatoms. The van der Waals surface area contributed by atoms with Crippen molar-refractivity contribution in [2.45, 2.75) is 58.4 Å². The van der Waals surface area contributed by atoms with Crippen molar-refractivity contribution in [3.63, 3.8) is 0 Å². The molecule has 0 bridgehead atoms. The molecule has 140 valence electrons. The lowest BCUT2D eigenvalue weighted by Gasteiger charge is -2.33. The Bertz CT molecular complexity index is 765. The molecule has 1 aromatic heterocycles. The summed E-state index contributed by atoms with van der Waals surface area (Å²) in [6, 6.07) is 8.35. The van der Waals surface area contributed by atoms with E-state index in [1.54, 1.807) is 0 Å². The van der Waals surface area contributed by atoms with Crippen LogP contribution >= 0.6 is 11.3 Å². The zero-order valence-corrected chi connectivity index (χ0v) is 17.0. The zero-order chi connectivity index (χ0) is 18.7. The standard InChI is InChI=1S/C22H30N2OS/c1-16-8-9-20-19(17(16)2)10-13-24(21(20)25)14-12-22(3,23)11-4-6-18-7-5-15-26-18/h5,7-9,15H,4,6,10-14,23H2,1-3H3. The number of carbonyl (C=O) groups is 1. The van der Waals surface area contributed by atoms with Crippen LogP contribution in [-0.4, -0.2) is 29.4 Å². The minimum absolute atomic E-state index is 0.170. The molecule has 1 aliphatic heterocycles. The van der Waals surface area contributed by atoms with E-state index in [-0.39, 0.29) is 11.4 Å². The highest BCUT2D eigenvalue weighted by Crippen LogP contribution is 2.26. The molecule has 1 amide bonds. The Kier molecular flexibility index (Phi) is 5.83. The van der Waals surface area contributed by atoms with Crippen LogP contribution in [0.2, 0.25) is 0 Å². The van der Waals surface area contributed by atoms with Crippen LogP contribution in [-0.2, 0) is 12.8 Å². The number of amides is 1. The highest BCUT2D eigenvalue weighted by Gasteiger charge is 2.27. The Balaban J connectivity index is 1.54. The van der Waals surface area contributed by atoms with Gasteiger partial charge in [-0.2, -0.15) is 0 Å². The first-order chi connectivity index (χ1) is 12.4. The van der Waals surface area contributed by atoms with Crippen molar-refractivity contribution in [2.24, 2.45) is 5.73 Å². The molecule has 0 fully saturated rings. The number of fused-ring (bicyclic) bond motifs is 1. The molecule has 0 saturated heterocycles. The quantitative estimate of drug-likeness (QED) is 0.780. The van der Waals surface area contributed by atoms with E-state index in [1.165, 1.54) is 21.6 Å². The minimum atomic E-state index is -0.221. The predicted molar refractivity (Wildman–Crippen MR) is 110 cm³/mol. The van der Waals surface area contributed by atoms with Gasteiger partial charge in [-0.3, -0.25) is 4.79 Å². The van der Waals surface area contributed by atoms with Crippen molar-refractivity contribution in [2.75, 3.05) is 13.1 Å². The normalized spacial score (nSPS) is 16.5. The molecule has 0 saturated carbocycles. The molecular weight excluding hydrogens is 340 g/mol. The Hall–Kier alpha value is -1.65. The largest absolute Gasteiger partial charge is 0.338 e. The first-order valence-electron chi connectivity index (χ1n) is 9.57. The van der Waals surface area contributed by atoms with Crippen molar-refractivity contribution in [1.29, 1.82) is 0 Å². The van der Waals surface area contributed by atoms with Crippen molar-refractivity contribution < 1.29 is 4.79 Å². The van der Waals surface area contributed by atoms with Gasteiger partial charge in [0.05, 0.1) is 0 Å². The van der Waals surface area contributed by atoms with Crippen molar-refractivity contribution in [1.82, 2.24) is 4.90 Å². The van der Waals surface area contributed by atoms with E-state index in [0.717, 1.165) is 50.8 Å². The molecule has 0 radical (unpaired) electrons. The second-order valence-electron chi connectivity index (χ2n) is 7.91. The Morgan fingerprint density at radius 3 is 2.77 bits per heavy atom. The number of aryl methyl sites for hydroxylation is 2. The average Bonchev–Trinajstić information content (AvgIpc) is 3.11. The first-order valence-corrected chi connectivity index (χ1v) is 10.4. The summed E-state index contributed by atoms with van der Waals surface area (Å²) in [5.74, 6) is 0.170. The molecule has 2 N–H and O–H groups in total. The lowest BCUT2D eigenvalue weighted by molar-refractivity contribution is 0.0726. The molecule has 1 aromatic carbocycles. The summed E-state index contributed by atoms with van der Waals surface area (Å²) >= 11 is 1.81. The number of nitrogens with two attached hydrogens (primary N) is 1. The molecule has 1 unspecified atom stereocenters. The summed E-state index contributed by atoms with van der Waals surface area (Å²) in [6.07, 6.45) is 4.99. The number of benzene rings is 1. The number of hydrogen-bond acceptors (Lipinski definition) is 3. The van der Waals surface area contributed by atoms with Gasteiger partial charge < -0.3 is 10.6 Å². The van der Waals surface area contributed by atoms with Crippen LogP contribution in [0.5, 0.6) is 0 Å². The van der Waals surface area contributed by atoms with Crippen LogP contribution in [0.25, 0.3) is 0 Å². The van der Waals surface area contributed by atoms with Gasteiger partial charge in [-0.15, -0.1) is 11.3 Å². The van der Waals surface area contributed by atoms with Crippen molar-refractivity contribution in [3.05, 3.63) is 56.8 Å². The Morgan fingerprint density at radius 1 is 1.23 bits per heavy atom. The highest BCUT2D eigenvalue weighted by molar-refractivity contribution is 7.09. The Morgan fingerprint density at radius 2 is 2.04 bits per heavy atom. The van der Waals surface area contributed by atoms with E-state index in [2.05, 4.69) is 44.4 Å². The number of hydrogen-bond donors (Lipinski definition) is 1. The van der Waals surface area contributed by atoms with Crippen LogP contribution in [0.1, 0.15) is 58.1 Å². The van der Waals surface area contributed by atoms with Crippen molar-refractivity contribution in [3.8, 4) is 0 Å². The van der Waals surface area contributed by atoms with Gasteiger partial charge in [0.25, 0.3) is 5.91 Å². The topological polar surface area (TPSA) is 46.3 Å². The summed E-state index contributed by atoms with van der Waals surface area (Å²) in [6.45, 7) is 7.92. The first kappa shape index (κ1) is 19.1. The molecular formula is C22H30N2OS. The third kappa shape index (κ3) is 4.36. The average molecular weight is 371 g/mol. The maximum absolute atomic E-state index is 12.9. The fourth-order valence-electron chi connectivity index (χ4n) is 3.77. The zero-order valence-electron chi connectivity index (χ0n) is 16.2. The molecule has 1 aliphatic rings. The van der Waals surface area contributed by atoms with Crippen LogP contribution in [0.15, 0.2) is 29.6 Å². The minimum Gasteiger partial charge on any atom is -0.338 e. The third-order valence-corrected chi connectivity index (χ3v) is 6.66. The van der Waals surface area contributed by atoms with Gasteiger partial charge >= 0.3 is 0 Å². The van der Waals surface area contributed by atoms with E-state index in [0.29, 0.717) is 0 Å². The van der Waals surface area contributed by atoms with Gasteiger partial charge in [0.1, 0.15) is 0 Å². The summed E-state index contributed by atoms with van der Waals surface area (Å²) < 4.78 is 0. The Labute approximate surface area is 161 Å². The molecule has 0 aliphatic carbocycles. The summed E-state index contributed by atoms with van der Waals surface area (Å²) in [7, 11) is 0. The summed E-state index contributed by atoms with van der Waals surface area (Å²) in [4.78, 5) is 16.3. The van der Waals surface area contributed by atoms with E-state index in [4.69, 9.17) is 5.73 Å². The lowest BCUT2D eigenvalue weighted by Crippen LogP contribution is -2.44. The number of rotatable bonds is 7. The second-order valence-corrected chi connectivity index (χ2v) is 8.94. The van der Waals surface area contributed by atoms with Gasteiger partial charge in [0.15, 0.2) is 0 Å². The number of thiophene rings is 1. The number of nitrogens with zero attached hydrogens (tertiary/aromatic N) is 1. The fourth-order valence-corrected chi connectivity index (χ4v) is 4.52. The third-order valence-electron chi connectivity index (χ3n) is 5.72. The van der Waals surface area contributed by atoms with Gasteiger partial charge in [-0.05, 0) is 87.1 Å². The second kappa shape index (κ2) is 7.93. The lowest BCUT2D eigenvalue weighted by atomic mass is 9.89. The predicted octanol–water partition coefficient (Wildman–Crippen LogP) is 4.49. The fraction of sp³-hybridized carbons (Fsp3) is 0.500. The van der Waals surface area contributed by atoms with E-state index >= 15 is 0 Å². The van der Waals surface area contributed by atoms with Gasteiger partial charge in [0, 0.05) is 29.1 Å². The molecule has 3 nitrogen and oxygen atoms in total.